The predicted octanol–water partition coefficient (Wildman–Crippen LogP) is 4.83. The Bertz CT molecular complexity index is 1090. The number of carbonyl (C=O) groups is 3. The summed E-state index contributed by atoms with van der Waals surface area (Å²) in [6.45, 7) is 2.26. The number of ether oxygens (including phenoxy) is 2. The summed E-state index contributed by atoms with van der Waals surface area (Å²) in [6.07, 6.45) is 1.35. The molecule has 1 heterocycles. The number of amides is 4. The number of methoxy groups -OCH3 is 1. The Balaban J connectivity index is 2.07. The van der Waals surface area contributed by atoms with E-state index in [2.05, 4.69) is 21.2 Å². The van der Waals surface area contributed by atoms with Gasteiger partial charge in [0.15, 0.2) is 11.5 Å². The van der Waals surface area contributed by atoms with Gasteiger partial charge in [0, 0.05) is 0 Å². The number of imide groups is 2. The van der Waals surface area contributed by atoms with Crippen molar-refractivity contribution in [3.05, 3.63) is 56.0 Å². The monoisotopic (exact) mass is 512 g/mol. The van der Waals surface area contributed by atoms with Crippen LogP contribution in [0.25, 0.3) is 6.08 Å². The molecule has 0 bridgehead atoms. The minimum Gasteiger partial charge on any atom is -0.493 e. The van der Waals surface area contributed by atoms with Crippen molar-refractivity contribution in [3.8, 4) is 11.5 Å². The molecule has 0 atom stereocenters. The van der Waals surface area contributed by atoms with Gasteiger partial charge in [0.05, 0.1) is 33.9 Å². The Morgan fingerprint density at radius 2 is 1.93 bits per heavy atom. The van der Waals surface area contributed by atoms with E-state index in [1.165, 1.54) is 25.3 Å². The Labute approximate surface area is 190 Å². The van der Waals surface area contributed by atoms with Crippen molar-refractivity contribution in [1.82, 2.24) is 5.32 Å². The quantitative estimate of drug-likeness (QED) is 0.457. The smallest absolute Gasteiger partial charge is 0.336 e. The van der Waals surface area contributed by atoms with Crippen molar-refractivity contribution in [2.24, 2.45) is 0 Å². The number of nitrogens with zero attached hydrogens (tertiary/aromatic N) is 1. The normalized spacial score (nSPS) is 15.4. The van der Waals surface area contributed by atoms with Crippen molar-refractivity contribution in [2.45, 2.75) is 6.92 Å². The molecule has 7 nitrogen and oxygen atoms in total. The predicted molar refractivity (Wildman–Crippen MR) is 117 cm³/mol. The van der Waals surface area contributed by atoms with E-state index in [-0.39, 0.29) is 21.3 Å². The Kier molecular flexibility index (Phi) is 6.70. The first-order chi connectivity index (χ1) is 14.3. The van der Waals surface area contributed by atoms with Gasteiger partial charge in [-0.3, -0.25) is 14.9 Å². The van der Waals surface area contributed by atoms with Gasteiger partial charge in [-0.1, -0.05) is 29.3 Å². The minimum atomic E-state index is -0.920. The summed E-state index contributed by atoms with van der Waals surface area (Å²) < 4.78 is 11.4. The first-order valence-corrected chi connectivity index (χ1v) is 10.2. The van der Waals surface area contributed by atoms with Crippen LogP contribution in [0.2, 0.25) is 10.0 Å². The van der Waals surface area contributed by atoms with Crippen LogP contribution in [-0.4, -0.2) is 31.6 Å². The standard InChI is InChI=1S/C20H15BrCl2N2O5/c1-3-30-17-12(21)8-10(9-15(17)29-2)7-11-18(26)24-20(28)25(19(11)27)14-6-4-5-13(22)16(14)23/h4-9H,3H2,1-2H3,(H,24,26,28)/b11-7+. The van der Waals surface area contributed by atoms with Crippen LogP contribution in [0, 0.1) is 0 Å². The molecule has 1 aliphatic rings. The maximum atomic E-state index is 13.0. The van der Waals surface area contributed by atoms with Gasteiger partial charge in [-0.15, -0.1) is 0 Å². The number of rotatable bonds is 5. The van der Waals surface area contributed by atoms with E-state index in [0.29, 0.717) is 28.1 Å². The van der Waals surface area contributed by atoms with Crippen LogP contribution in [0.15, 0.2) is 40.4 Å². The third-order valence-electron chi connectivity index (χ3n) is 4.13. The fourth-order valence-electron chi connectivity index (χ4n) is 2.82. The summed E-state index contributed by atoms with van der Waals surface area (Å²) in [6, 6.07) is 6.86. The van der Waals surface area contributed by atoms with Crippen molar-refractivity contribution in [3.63, 3.8) is 0 Å². The molecule has 1 aliphatic heterocycles. The molecule has 1 N–H and O–H groups in total. The van der Waals surface area contributed by atoms with Crippen molar-refractivity contribution < 1.29 is 23.9 Å². The number of halogens is 3. The second-order valence-corrected chi connectivity index (χ2v) is 7.64. The van der Waals surface area contributed by atoms with E-state index in [1.54, 1.807) is 18.2 Å². The first kappa shape index (κ1) is 22.1. The molecule has 30 heavy (non-hydrogen) atoms. The van der Waals surface area contributed by atoms with E-state index in [1.807, 2.05) is 6.92 Å². The number of hydrogen-bond donors (Lipinski definition) is 1. The maximum Gasteiger partial charge on any atom is 0.336 e. The highest BCUT2D eigenvalue weighted by molar-refractivity contribution is 9.10. The molecule has 0 aliphatic carbocycles. The SMILES string of the molecule is CCOc1c(Br)cc(/C=C2\C(=O)NC(=O)N(c3cccc(Cl)c3Cl)C2=O)cc1OC. The number of benzene rings is 2. The summed E-state index contributed by atoms with van der Waals surface area (Å²) in [4.78, 5) is 38.5. The Morgan fingerprint density at radius 1 is 1.20 bits per heavy atom. The van der Waals surface area contributed by atoms with Gasteiger partial charge in [0.25, 0.3) is 11.8 Å². The van der Waals surface area contributed by atoms with Gasteiger partial charge < -0.3 is 9.47 Å². The fraction of sp³-hybridized carbons (Fsp3) is 0.150. The molecule has 0 saturated carbocycles. The first-order valence-electron chi connectivity index (χ1n) is 8.64. The molecule has 1 fully saturated rings. The van der Waals surface area contributed by atoms with Crippen LogP contribution in [0.1, 0.15) is 12.5 Å². The van der Waals surface area contributed by atoms with Gasteiger partial charge in [0.2, 0.25) is 0 Å². The number of nitrogens with one attached hydrogen (secondary N) is 1. The van der Waals surface area contributed by atoms with Crippen LogP contribution in [0.4, 0.5) is 10.5 Å². The zero-order chi connectivity index (χ0) is 22.0. The average Bonchev–Trinajstić information content (AvgIpc) is 2.70. The van der Waals surface area contributed by atoms with Gasteiger partial charge in [0.1, 0.15) is 5.57 Å². The maximum absolute atomic E-state index is 13.0. The van der Waals surface area contributed by atoms with E-state index in [4.69, 9.17) is 32.7 Å². The number of anilines is 1. The molecule has 156 valence electrons. The molecule has 10 heteroatoms. The van der Waals surface area contributed by atoms with Gasteiger partial charge in [-0.25, -0.2) is 9.69 Å². The highest BCUT2D eigenvalue weighted by atomic mass is 79.9. The third-order valence-corrected chi connectivity index (χ3v) is 5.52. The highest BCUT2D eigenvalue weighted by Crippen LogP contribution is 2.38. The summed E-state index contributed by atoms with van der Waals surface area (Å²) in [5.41, 5.74) is 0.284. The van der Waals surface area contributed by atoms with Crippen LogP contribution < -0.4 is 19.7 Å². The fourth-order valence-corrected chi connectivity index (χ4v) is 3.77. The number of urea groups is 1. The molecular formula is C20H15BrCl2N2O5. The number of hydrogen-bond acceptors (Lipinski definition) is 5. The van der Waals surface area contributed by atoms with Gasteiger partial charge in [-0.2, -0.15) is 0 Å². The zero-order valence-corrected chi connectivity index (χ0v) is 18.9. The van der Waals surface area contributed by atoms with Crippen molar-refractivity contribution >= 4 is 68.7 Å². The molecule has 0 spiro atoms. The zero-order valence-electron chi connectivity index (χ0n) is 15.8. The second-order valence-electron chi connectivity index (χ2n) is 6.00. The summed E-state index contributed by atoms with van der Waals surface area (Å²) in [7, 11) is 1.47. The van der Waals surface area contributed by atoms with Crippen LogP contribution in [-0.2, 0) is 9.59 Å². The molecule has 3 rings (SSSR count). The van der Waals surface area contributed by atoms with Crippen molar-refractivity contribution in [2.75, 3.05) is 18.6 Å². The van der Waals surface area contributed by atoms with Gasteiger partial charge >= 0.3 is 6.03 Å². The molecule has 4 amide bonds. The Hall–Kier alpha value is -2.55. The summed E-state index contributed by atoms with van der Waals surface area (Å²) >= 11 is 15.6. The third kappa shape index (κ3) is 4.16. The molecule has 2 aromatic rings. The highest BCUT2D eigenvalue weighted by Gasteiger charge is 2.38. The molecule has 1 saturated heterocycles. The minimum absolute atomic E-state index is 0.0156. The Morgan fingerprint density at radius 3 is 2.60 bits per heavy atom. The van der Waals surface area contributed by atoms with E-state index in [0.717, 1.165) is 4.90 Å². The molecule has 0 aromatic heterocycles. The molecule has 0 unspecified atom stereocenters. The molecule has 2 aromatic carbocycles. The van der Waals surface area contributed by atoms with Crippen LogP contribution in [0.5, 0.6) is 11.5 Å². The van der Waals surface area contributed by atoms with E-state index >= 15 is 0 Å². The lowest BCUT2D eigenvalue weighted by atomic mass is 10.1. The van der Waals surface area contributed by atoms with E-state index < -0.39 is 17.8 Å². The van der Waals surface area contributed by atoms with Crippen LogP contribution >= 0.6 is 39.1 Å². The molecule has 0 radical (unpaired) electrons. The molecular weight excluding hydrogens is 499 g/mol. The number of carbonyl (C=O) groups excluding carboxylic acids is 3. The lowest BCUT2D eigenvalue weighted by Crippen LogP contribution is -2.54. The van der Waals surface area contributed by atoms with Gasteiger partial charge in [-0.05, 0) is 58.8 Å². The lowest BCUT2D eigenvalue weighted by molar-refractivity contribution is -0.122. The summed E-state index contributed by atoms with van der Waals surface area (Å²) in [5, 5.41) is 2.32. The number of barbiturate groups is 1. The largest absolute Gasteiger partial charge is 0.493 e. The topological polar surface area (TPSA) is 84.9 Å². The second kappa shape index (κ2) is 9.07. The summed E-state index contributed by atoms with van der Waals surface area (Å²) in [5.74, 6) is -0.767. The average molecular weight is 514 g/mol. The van der Waals surface area contributed by atoms with Crippen molar-refractivity contribution in [1.29, 1.82) is 0 Å². The van der Waals surface area contributed by atoms with Crippen LogP contribution in [0.3, 0.4) is 0 Å². The lowest BCUT2D eigenvalue weighted by Gasteiger charge is -2.27. The van der Waals surface area contributed by atoms with E-state index in [9.17, 15) is 14.4 Å².